The van der Waals surface area contributed by atoms with Crippen molar-refractivity contribution in [3.63, 3.8) is 0 Å². The highest BCUT2D eigenvalue weighted by molar-refractivity contribution is 5.69. The fraction of sp³-hybridized carbons (Fsp3) is 0.571. The van der Waals surface area contributed by atoms with Gasteiger partial charge in [0, 0.05) is 18.9 Å². The maximum absolute atomic E-state index is 10.9. The third kappa shape index (κ3) is 6.35. The summed E-state index contributed by atoms with van der Waals surface area (Å²) in [6.45, 7) is 7.98. The SMILES string of the molecule is CC(C)(C)CCN(CC(=O)O)Cc1cccnc1. The summed E-state index contributed by atoms with van der Waals surface area (Å²) in [5, 5.41) is 8.93. The summed E-state index contributed by atoms with van der Waals surface area (Å²) in [6, 6.07) is 3.84. The van der Waals surface area contributed by atoms with E-state index in [4.69, 9.17) is 5.11 Å². The molecule has 4 heteroatoms. The van der Waals surface area contributed by atoms with Crippen LogP contribution in [0.15, 0.2) is 24.5 Å². The summed E-state index contributed by atoms with van der Waals surface area (Å²) in [6.07, 6.45) is 4.48. The summed E-state index contributed by atoms with van der Waals surface area (Å²) in [5.41, 5.74) is 1.26. The van der Waals surface area contributed by atoms with Gasteiger partial charge in [0.1, 0.15) is 0 Å². The Hall–Kier alpha value is -1.42. The Kier molecular flexibility index (Phi) is 5.28. The topological polar surface area (TPSA) is 53.4 Å². The van der Waals surface area contributed by atoms with Crippen LogP contribution in [0.4, 0.5) is 0 Å². The number of hydrogen-bond acceptors (Lipinski definition) is 3. The van der Waals surface area contributed by atoms with Crippen molar-refractivity contribution >= 4 is 5.97 Å². The number of nitrogens with zero attached hydrogens (tertiary/aromatic N) is 2. The van der Waals surface area contributed by atoms with Crippen molar-refractivity contribution in [2.24, 2.45) is 5.41 Å². The maximum Gasteiger partial charge on any atom is 0.317 e. The lowest BCUT2D eigenvalue weighted by molar-refractivity contribution is -0.138. The minimum absolute atomic E-state index is 0.0744. The van der Waals surface area contributed by atoms with Gasteiger partial charge in [0.15, 0.2) is 0 Å². The van der Waals surface area contributed by atoms with Gasteiger partial charge in [-0.2, -0.15) is 0 Å². The van der Waals surface area contributed by atoms with Gasteiger partial charge in [0.05, 0.1) is 6.54 Å². The average molecular weight is 250 g/mol. The molecule has 1 aromatic heterocycles. The molecule has 0 aliphatic rings. The normalized spacial score (nSPS) is 11.8. The molecule has 0 unspecified atom stereocenters. The summed E-state index contributed by atoms with van der Waals surface area (Å²) < 4.78 is 0. The van der Waals surface area contributed by atoms with E-state index in [1.54, 1.807) is 12.4 Å². The van der Waals surface area contributed by atoms with Crippen molar-refractivity contribution < 1.29 is 9.90 Å². The molecule has 100 valence electrons. The van der Waals surface area contributed by atoms with Crippen LogP contribution in [0.3, 0.4) is 0 Å². The molecule has 0 amide bonds. The van der Waals surface area contributed by atoms with Crippen molar-refractivity contribution in [2.45, 2.75) is 33.7 Å². The summed E-state index contributed by atoms with van der Waals surface area (Å²) >= 11 is 0. The van der Waals surface area contributed by atoms with Crippen molar-refractivity contribution in [1.29, 1.82) is 0 Å². The molecule has 1 heterocycles. The van der Waals surface area contributed by atoms with E-state index in [1.807, 2.05) is 17.0 Å². The molecule has 0 aromatic carbocycles. The van der Waals surface area contributed by atoms with Crippen molar-refractivity contribution in [3.8, 4) is 0 Å². The Morgan fingerprint density at radius 3 is 2.67 bits per heavy atom. The predicted molar refractivity (Wildman–Crippen MR) is 71.2 cm³/mol. The molecule has 0 saturated carbocycles. The van der Waals surface area contributed by atoms with Gasteiger partial charge in [0.25, 0.3) is 0 Å². The second kappa shape index (κ2) is 6.50. The molecule has 0 aliphatic heterocycles. The average Bonchev–Trinajstić information content (AvgIpc) is 2.25. The molecule has 0 saturated heterocycles. The molecule has 1 rings (SSSR count). The molecule has 0 bridgehead atoms. The first kappa shape index (κ1) is 14.6. The van der Waals surface area contributed by atoms with Crippen LogP contribution < -0.4 is 0 Å². The molecule has 0 spiro atoms. The lowest BCUT2D eigenvalue weighted by Gasteiger charge is -2.25. The summed E-state index contributed by atoms with van der Waals surface area (Å²) in [7, 11) is 0. The van der Waals surface area contributed by atoms with Gasteiger partial charge in [-0.15, -0.1) is 0 Å². The van der Waals surface area contributed by atoms with Crippen LogP contribution in [-0.2, 0) is 11.3 Å². The first-order chi connectivity index (χ1) is 8.37. The lowest BCUT2D eigenvalue weighted by atomic mass is 9.92. The van der Waals surface area contributed by atoms with Gasteiger partial charge < -0.3 is 5.11 Å². The molecule has 1 N–H and O–H groups in total. The van der Waals surface area contributed by atoms with Crippen molar-refractivity contribution in [3.05, 3.63) is 30.1 Å². The number of pyridine rings is 1. The van der Waals surface area contributed by atoms with Crippen LogP contribution >= 0.6 is 0 Å². The lowest BCUT2D eigenvalue weighted by Crippen LogP contribution is -2.32. The number of hydrogen-bond donors (Lipinski definition) is 1. The van der Waals surface area contributed by atoms with E-state index in [2.05, 4.69) is 25.8 Å². The quantitative estimate of drug-likeness (QED) is 0.842. The molecule has 4 nitrogen and oxygen atoms in total. The molecule has 0 atom stereocenters. The van der Waals surface area contributed by atoms with E-state index in [9.17, 15) is 4.79 Å². The molecular formula is C14H22N2O2. The standard InChI is InChI=1S/C14H22N2O2/c1-14(2,3)6-8-16(11-13(17)18)10-12-5-4-7-15-9-12/h4-5,7,9H,6,8,10-11H2,1-3H3,(H,17,18). The third-order valence-electron chi connectivity index (χ3n) is 2.67. The van der Waals surface area contributed by atoms with Crippen molar-refractivity contribution in [1.82, 2.24) is 9.88 Å². The van der Waals surface area contributed by atoms with E-state index in [1.165, 1.54) is 0 Å². The highest BCUT2D eigenvalue weighted by Crippen LogP contribution is 2.19. The summed E-state index contributed by atoms with van der Waals surface area (Å²) in [5.74, 6) is -0.784. The fourth-order valence-electron chi connectivity index (χ4n) is 1.65. The monoisotopic (exact) mass is 250 g/mol. The van der Waals surface area contributed by atoms with Gasteiger partial charge in [-0.1, -0.05) is 26.8 Å². The second-order valence-electron chi connectivity index (χ2n) is 5.78. The van der Waals surface area contributed by atoms with Crippen LogP contribution in [0.5, 0.6) is 0 Å². The fourth-order valence-corrected chi connectivity index (χ4v) is 1.65. The first-order valence-corrected chi connectivity index (χ1v) is 6.20. The zero-order valence-electron chi connectivity index (χ0n) is 11.4. The van der Waals surface area contributed by atoms with Gasteiger partial charge in [0.2, 0.25) is 0 Å². The van der Waals surface area contributed by atoms with E-state index in [0.29, 0.717) is 6.54 Å². The van der Waals surface area contributed by atoms with Gasteiger partial charge in [-0.05, 0) is 30.0 Å². The van der Waals surface area contributed by atoms with E-state index >= 15 is 0 Å². The Balaban J connectivity index is 2.58. The van der Waals surface area contributed by atoms with Gasteiger partial charge >= 0.3 is 5.97 Å². The zero-order chi connectivity index (χ0) is 13.6. The molecule has 1 aromatic rings. The van der Waals surface area contributed by atoms with Crippen LogP contribution in [-0.4, -0.2) is 34.0 Å². The van der Waals surface area contributed by atoms with E-state index < -0.39 is 5.97 Å². The Bertz CT molecular complexity index is 371. The van der Waals surface area contributed by atoms with Crippen LogP contribution in [0.2, 0.25) is 0 Å². The number of carbonyl (C=O) groups is 1. The Morgan fingerprint density at radius 2 is 2.17 bits per heavy atom. The Labute approximate surface area is 109 Å². The number of carboxylic acid groups (broad SMARTS) is 1. The maximum atomic E-state index is 10.9. The molecule has 0 aliphatic carbocycles. The zero-order valence-corrected chi connectivity index (χ0v) is 11.4. The summed E-state index contributed by atoms with van der Waals surface area (Å²) in [4.78, 5) is 16.9. The molecule has 0 radical (unpaired) electrons. The second-order valence-corrected chi connectivity index (χ2v) is 5.78. The van der Waals surface area contributed by atoms with Crippen LogP contribution in [0.25, 0.3) is 0 Å². The Morgan fingerprint density at radius 1 is 1.44 bits per heavy atom. The highest BCUT2D eigenvalue weighted by atomic mass is 16.4. The number of rotatable bonds is 6. The van der Waals surface area contributed by atoms with E-state index in [0.717, 1.165) is 18.5 Å². The minimum atomic E-state index is -0.784. The van der Waals surface area contributed by atoms with Crippen LogP contribution in [0.1, 0.15) is 32.8 Å². The smallest absolute Gasteiger partial charge is 0.317 e. The molecule has 0 fully saturated rings. The van der Waals surface area contributed by atoms with Crippen molar-refractivity contribution in [2.75, 3.05) is 13.1 Å². The number of carboxylic acids is 1. The number of aromatic nitrogens is 1. The third-order valence-corrected chi connectivity index (χ3v) is 2.67. The van der Waals surface area contributed by atoms with Gasteiger partial charge in [-0.3, -0.25) is 14.7 Å². The minimum Gasteiger partial charge on any atom is -0.480 e. The predicted octanol–water partition coefficient (Wildman–Crippen LogP) is 2.40. The molecule has 18 heavy (non-hydrogen) atoms. The van der Waals surface area contributed by atoms with Crippen LogP contribution in [0, 0.1) is 5.41 Å². The highest BCUT2D eigenvalue weighted by Gasteiger charge is 2.15. The van der Waals surface area contributed by atoms with E-state index in [-0.39, 0.29) is 12.0 Å². The van der Waals surface area contributed by atoms with Gasteiger partial charge in [-0.25, -0.2) is 0 Å². The first-order valence-electron chi connectivity index (χ1n) is 6.20. The number of aliphatic carboxylic acids is 1. The molecular weight excluding hydrogens is 228 g/mol. The largest absolute Gasteiger partial charge is 0.480 e.